The normalized spacial score (nSPS) is 14.6. The quantitative estimate of drug-likeness (QED) is 0.292. The maximum absolute atomic E-state index is 13.0. The van der Waals surface area contributed by atoms with Gasteiger partial charge in [0.05, 0.1) is 30.6 Å². The lowest BCUT2D eigenvalue weighted by atomic mass is 10.1. The molecule has 5 aromatic rings. The van der Waals surface area contributed by atoms with Crippen LogP contribution in [0.5, 0.6) is 5.75 Å². The minimum absolute atomic E-state index is 0.117. The first-order valence-electron chi connectivity index (χ1n) is 13.8. The van der Waals surface area contributed by atoms with Crippen LogP contribution in [0.3, 0.4) is 0 Å². The number of ether oxygens (including phenoxy) is 1. The number of nitrogen functional groups attached to an aromatic ring is 1. The minimum Gasteiger partial charge on any atom is -0.495 e. The number of likely N-dealkylation sites (tertiary alicyclic amines) is 1. The summed E-state index contributed by atoms with van der Waals surface area (Å²) in [6, 6.07) is 15.7. The summed E-state index contributed by atoms with van der Waals surface area (Å²) < 4.78 is 22.5. The van der Waals surface area contributed by atoms with Gasteiger partial charge in [0.15, 0.2) is 5.65 Å². The Labute approximate surface area is 236 Å². The van der Waals surface area contributed by atoms with Crippen LogP contribution in [-0.4, -0.2) is 68.5 Å². The monoisotopic (exact) mass is 556 g/mol. The zero-order valence-corrected chi connectivity index (χ0v) is 23.2. The molecule has 0 bridgehead atoms. The number of fused-ring (bicyclic) bond motifs is 2. The molecule has 212 valence electrons. The number of amides is 1. The number of aryl methyl sites for hydroxylation is 1. The Kier molecular flexibility index (Phi) is 7.27. The molecule has 1 amide bonds. The van der Waals surface area contributed by atoms with E-state index in [4.69, 9.17) is 15.6 Å². The van der Waals surface area contributed by atoms with Crippen molar-refractivity contribution in [3.05, 3.63) is 60.6 Å². The number of nitrogens with zero attached hydrogens (tertiary/aromatic N) is 6. The molecule has 1 aliphatic rings. The average molecular weight is 557 g/mol. The van der Waals surface area contributed by atoms with Crippen LogP contribution in [0.25, 0.3) is 33.2 Å². The number of rotatable bonds is 8. The van der Waals surface area contributed by atoms with Crippen LogP contribution in [-0.2, 0) is 18.3 Å². The molecule has 0 spiro atoms. The van der Waals surface area contributed by atoms with E-state index >= 15 is 0 Å². The van der Waals surface area contributed by atoms with E-state index in [0.717, 1.165) is 48.1 Å². The van der Waals surface area contributed by atoms with Gasteiger partial charge < -0.3 is 25.3 Å². The highest BCUT2D eigenvalue weighted by Gasteiger charge is 2.26. The van der Waals surface area contributed by atoms with Gasteiger partial charge in [-0.15, -0.1) is 0 Å². The summed E-state index contributed by atoms with van der Waals surface area (Å²) in [6.07, 6.45) is 3.35. The molecule has 11 heteroatoms. The van der Waals surface area contributed by atoms with Gasteiger partial charge in [0.2, 0.25) is 5.91 Å². The summed E-state index contributed by atoms with van der Waals surface area (Å²) in [6.45, 7) is 1.71. The van der Waals surface area contributed by atoms with Crippen molar-refractivity contribution in [2.24, 2.45) is 7.05 Å². The van der Waals surface area contributed by atoms with E-state index in [1.807, 2.05) is 64.8 Å². The molecule has 0 aliphatic carbocycles. The first-order valence-corrected chi connectivity index (χ1v) is 13.8. The number of carbonyl (C=O) groups excluding carboxylic acids is 1. The van der Waals surface area contributed by atoms with Crippen LogP contribution < -0.4 is 15.8 Å². The van der Waals surface area contributed by atoms with Gasteiger partial charge in [0, 0.05) is 43.5 Å². The Bertz CT molecular complexity index is 1720. The molecule has 3 aromatic heterocycles. The lowest BCUT2D eigenvalue weighted by molar-refractivity contribution is -0.115. The second kappa shape index (κ2) is 11.2. The predicted octanol–water partition coefficient (Wildman–Crippen LogP) is 4.36. The van der Waals surface area contributed by atoms with Gasteiger partial charge in [0.1, 0.15) is 30.3 Å². The van der Waals surface area contributed by atoms with E-state index in [0.29, 0.717) is 40.5 Å². The Morgan fingerprint density at radius 3 is 2.71 bits per heavy atom. The zero-order valence-electron chi connectivity index (χ0n) is 23.2. The maximum Gasteiger partial charge on any atom is 0.230 e. The number of alkyl halides is 1. The highest BCUT2D eigenvalue weighted by atomic mass is 19.1. The van der Waals surface area contributed by atoms with Crippen molar-refractivity contribution in [1.82, 2.24) is 29.2 Å². The lowest BCUT2D eigenvalue weighted by Gasteiger charge is -2.31. The van der Waals surface area contributed by atoms with Crippen molar-refractivity contribution < 1.29 is 13.9 Å². The fraction of sp³-hybridized carbons (Fsp3) is 0.333. The summed E-state index contributed by atoms with van der Waals surface area (Å²) in [5.41, 5.74) is 11.0. The van der Waals surface area contributed by atoms with Crippen molar-refractivity contribution in [3.63, 3.8) is 0 Å². The third-order valence-corrected chi connectivity index (χ3v) is 7.96. The van der Waals surface area contributed by atoms with Crippen molar-refractivity contribution in [2.45, 2.75) is 25.3 Å². The number of benzene rings is 2. The number of nitrogens with two attached hydrogens (primary N) is 1. The first kappa shape index (κ1) is 26.7. The standard InChI is InChI=1S/C30H33FN8O2/c1-37-22(15-19-5-3-4-6-24(19)37)17-26(40)35-23-8-7-20(16-25(23)41-2)28-27-29(32)33-18-34-30(27)39(36-28)21-9-12-38(13-10-21)14-11-31/h3-8,15-16,18,21H,9-14,17H2,1-2H3,(H,35,40)(H2,32,33,34). The number of hydrogen-bond donors (Lipinski definition) is 2. The zero-order chi connectivity index (χ0) is 28.5. The van der Waals surface area contributed by atoms with E-state index in [1.165, 1.54) is 6.33 Å². The number of aromatic nitrogens is 5. The van der Waals surface area contributed by atoms with Crippen LogP contribution in [0.15, 0.2) is 54.9 Å². The molecule has 6 rings (SSSR count). The summed E-state index contributed by atoms with van der Waals surface area (Å²) in [5, 5.41) is 9.73. The number of hydrogen-bond acceptors (Lipinski definition) is 7. The fourth-order valence-electron chi connectivity index (χ4n) is 5.78. The summed E-state index contributed by atoms with van der Waals surface area (Å²) in [4.78, 5) is 23.9. The molecule has 2 aromatic carbocycles. The van der Waals surface area contributed by atoms with Crippen LogP contribution >= 0.6 is 0 Å². The van der Waals surface area contributed by atoms with Crippen molar-refractivity contribution in [3.8, 4) is 17.0 Å². The van der Waals surface area contributed by atoms with E-state index in [2.05, 4.69) is 20.2 Å². The third-order valence-electron chi connectivity index (χ3n) is 7.96. The van der Waals surface area contributed by atoms with Crippen molar-refractivity contribution in [1.29, 1.82) is 0 Å². The molecule has 1 fully saturated rings. The topological polar surface area (TPSA) is 116 Å². The van der Waals surface area contributed by atoms with Gasteiger partial charge in [-0.1, -0.05) is 24.3 Å². The van der Waals surface area contributed by atoms with Gasteiger partial charge in [-0.05, 0) is 42.5 Å². The highest BCUT2D eigenvalue weighted by Crippen LogP contribution is 2.37. The predicted molar refractivity (Wildman–Crippen MR) is 158 cm³/mol. The molecule has 3 N–H and O–H groups in total. The lowest BCUT2D eigenvalue weighted by Crippen LogP contribution is -2.36. The number of piperidine rings is 1. The molecular formula is C30H33FN8O2. The van der Waals surface area contributed by atoms with Crippen LogP contribution in [0, 0.1) is 0 Å². The van der Waals surface area contributed by atoms with Crippen LogP contribution in [0.1, 0.15) is 24.6 Å². The first-order chi connectivity index (χ1) is 20.0. The van der Waals surface area contributed by atoms with E-state index in [-0.39, 0.29) is 25.0 Å². The number of methoxy groups -OCH3 is 1. The third kappa shape index (κ3) is 5.08. The van der Waals surface area contributed by atoms with Gasteiger partial charge in [-0.25, -0.2) is 19.0 Å². The Balaban J connectivity index is 1.27. The number of carbonyl (C=O) groups is 1. The Morgan fingerprint density at radius 2 is 1.95 bits per heavy atom. The maximum atomic E-state index is 13.0. The fourth-order valence-corrected chi connectivity index (χ4v) is 5.78. The molecule has 0 unspecified atom stereocenters. The molecule has 1 saturated heterocycles. The van der Waals surface area contributed by atoms with Gasteiger partial charge in [0.25, 0.3) is 0 Å². The summed E-state index contributed by atoms with van der Waals surface area (Å²) in [5.74, 6) is 0.705. The largest absolute Gasteiger partial charge is 0.495 e. The van der Waals surface area contributed by atoms with Crippen molar-refractivity contribution in [2.75, 3.05) is 44.5 Å². The van der Waals surface area contributed by atoms with Crippen LogP contribution in [0.2, 0.25) is 0 Å². The molecule has 0 saturated carbocycles. The minimum atomic E-state index is -0.343. The molecule has 0 radical (unpaired) electrons. The smallest absolute Gasteiger partial charge is 0.230 e. The van der Waals surface area contributed by atoms with Gasteiger partial charge >= 0.3 is 0 Å². The second-order valence-electron chi connectivity index (χ2n) is 10.4. The van der Waals surface area contributed by atoms with E-state index < -0.39 is 0 Å². The Morgan fingerprint density at radius 1 is 1.15 bits per heavy atom. The van der Waals surface area contributed by atoms with Gasteiger partial charge in [-0.2, -0.15) is 5.10 Å². The molecule has 4 heterocycles. The number of nitrogens with one attached hydrogen (secondary N) is 1. The SMILES string of the molecule is COc1cc(-c2nn(C3CCN(CCF)CC3)c3ncnc(N)c23)ccc1NC(=O)Cc1cc2ccccc2n1C. The van der Waals surface area contributed by atoms with Crippen molar-refractivity contribution >= 4 is 39.3 Å². The number of para-hydroxylation sites is 1. The highest BCUT2D eigenvalue weighted by molar-refractivity contribution is 5.99. The summed E-state index contributed by atoms with van der Waals surface area (Å²) in [7, 11) is 3.53. The summed E-state index contributed by atoms with van der Waals surface area (Å²) >= 11 is 0. The molecule has 41 heavy (non-hydrogen) atoms. The molecule has 0 atom stereocenters. The molecular weight excluding hydrogens is 523 g/mol. The molecule has 10 nitrogen and oxygen atoms in total. The number of anilines is 2. The number of halogens is 1. The molecule has 1 aliphatic heterocycles. The van der Waals surface area contributed by atoms with E-state index in [9.17, 15) is 9.18 Å². The van der Waals surface area contributed by atoms with Crippen LogP contribution in [0.4, 0.5) is 15.9 Å². The Hall–Kier alpha value is -4.51. The second-order valence-corrected chi connectivity index (χ2v) is 10.4. The average Bonchev–Trinajstić information content (AvgIpc) is 3.53. The van der Waals surface area contributed by atoms with Gasteiger partial charge in [-0.3, -0.25) is 4.79 Å². The van der Waals surface area contributed by atoms with E-state index in [1.54, 1.807) is 7.11 Å².